The van der Waals surface area contributed by atoms with E-state index in [9.17, 15) is 40.8 Å². The summed E-state index contributed by atoms with van der Waals surface area (Å²) in [4.78, 5) is 12.7. The molecular weight excluding hydrogens is 586 g/mol. The van der Waals surface area contributed by atoms with E-state index in [-0.39, 0.29) is 28.4 Å². The topological polar surface area (TPSA) is 57.8 Å². The van der Waals surface area contributed by atoms with Gasteiger partial charge in [0.15, 0.2) is 0 Å². The highest BCUT2D eigenvalue weighted by Crippen LogP contribution is 2.54. The van der Waals surface area contributed by atoms with Gasteiger partial charge in [-0.25, -0.2) is 4.39 Å². The van der Waals surface area contributed by atoms with E-state index in [1.54, 1.807) is 6.07 Å². The second kappa shape index (κ2) is 9.36. The third-order valence-corrected chi connectivity index (χ3v) is 6.91. The minimum atomic E-state index is -6.33. The van der Waals surface area contributed by atoms with Crippen LogP contribution in [0.25, 0.3) is 16.8 Å². The van der Waals surface area contributed by atoms with Crippen molar-refractivity contribution in [1.82, 2.24) is 9.88 Å². The number of amides is 1. The van der Waals surface area contributed by atoms with Crippen LogP contribution in [0.2, 0.25) is 15.1 Å². The third kappa shape index (κ3) is 4.81. The molecule has 0 aliphatic heterocycles. The summed E-state index contributed by atoms with van der Waals surface area (Å²) < 4.78 is 94.6. The van der Waals surface area contributed by atoms with Gasteiger partial charge in [0.2, 0.25) is 0 Å². The Morgan fingerprint density at radius 3 is 1.97 bits per heavy atom. The van der Waals surface area contributed by atoms with Crippen LogP contribution in [0.15, 0.2) is 48.8 Å². The number of carbonyl (C=O) groups excluding carboxylic acids is 1. The molecule has 0 radical (unpaired) electrons. The predicted molar refractivity (Wildman–Crippen MR) is 126 cm³/mol. The van der Waals surface area contributed by atoms with Crippen LogP contribution >= 0.6 is 34.8 Å². The van der Waals surface area contributed by atoms with Crippen molar-refractivity contribution in [2.45, 2.75) is 36.4 Å². The summed E-state index contributed by atoms with van der Waals surface area (Å²) in [5.74, 6) is -0.568. The van der Waals surface area contributed by atoms with E-state index in [2.05, 4.69) is 5.32 Å². The molecule has 0 bridgehead atoms. The van der Waals surface area contributed by atoms with Crippen molar-refractivity contribution < 1.29 is 35.5 Å². The Morgan fingerprint density at radius 2 is 1.47 bits per heavy atom. The van der Waals surface area contributed by atoms with Crippen LogP contribution in [0.5, 0.6) is 0 Å². The van der Waals surface area contributed by atoms with E-state index < -0.39 is 45.1 Å². The average molecular weight is 599 g/mol. The van der Waals surface area contributed by atoms with Gasteiger partial charge in [-0.2, -0.15) is 31.6 Å². The fourth-order valence-corrected chi connectivity index (χ4v) is 4.64. The first-order chi connectivity index (χ1) is 17.5. The fraction of sp³-hybridized carbons (Fsp3) is 0.250. The lowest BCUT2D eigenvalue weighted by Gasteiger charge is -2.30. The summed E-state index contributed by atoms with van der Waals surface area (Å²) in [5.41, 5.74) is -7.67. The van der Waals surface area contributed by atoms with Gasteiger partial charge in [0.05, 0.1) is 32.4 Å². The maximum atomic E-state index is 14.5. The first kappa shape index (κ1) is 28.1. The summed E-state index contributed by atoms with van der Waals surface area (Å²) in [5, 5.41) is 10.6. The number of nitrogens with zero attached hydrogens (tertiary/aromatic N) is 2. The average Bonchev–Trinajstić information content (AvgIpc) is 3.42. The van der Waals surface area contributed by atoms with E-state index in [1.807, 2.05) is 6.07 Å². The van der Waals surface area contributed by atoms with Gasteiger partial charge in [0.1, 0.15) is 5.54 Å². The van der Waals surface area contributed by atoms with Crippen LogP contribution in [0.1, 0.15) is 28.8 Å². The van der Waals surface area contributed by atoms with Crippen LogP contribution in [0.4, 0.5) is 30.7 Å². The Morgan fingerprint density at radius 1 is 0.895 bits per heavy atom. The molecule has 1 aliphatic carbocycles. The highest BCUT2D eigenvalue weighted by atomic mass is 35.5. The number of hydrogen-bond acceptors (Lipinski definition) is 2. The Balaban J connectivity index is 1.70. The van der Waals surface area contributed by atoms with E-state index >= 15 is 0 Å². The molecule has 1 aliphatic rings. The summed E-state index contributed by atoms with van der Waals surface area (Å²) in [7, 11) is 0. The van der Waals surface area contributed by atoms with Gasteiger partial charge in [-0.1, -0.05) is 40.9 Å². The molecule has 1 heterocycles. The smallest absolute Gasteiger partial charge is 0.334 e. The maximum Gasteiger partial charge on any atom is 0.435 e. The Bertz CT molecular complexity index is 1430. The molecule has 38 heavy (non-hydrogen) atoms. The molecule has 3 aromatic rings. The van der Waals surface area contributed by atoms with Gasteiger partial charge in [-0.3, -0.25) is 4.79 Å². The molecule has 0 spiro atoms. The zero-order chi connectivity index (χ0) is 28.3. The van der Waals surface area contributed by atoms with E-state index in [0.29, 0.717) is 24.0 Å². The van der Waals surface area contributed by atoms with Crippen molar-refractivity contribution in [3.05, 3.63) is 75.0 Å². The zero-order valence-electron chi connectivity index (χ0n) is 18.6. The number of alkyl halides is 7. The van der Waals surface area contributed by atoms with Crippen molar-refractivity contribution in [2.75, 3.05) is 0 Å². The summed E-state index contributed by atoms with van der Waals surface area (Å²) in [6.45, 7) is 0. The molecule has 14 heteroatoms. The Kier molecular flexibility index (Phi) is 6.92. The van der Waals surface area contributed by atoms with Crippen LogP contribution in [-0.2, 0) is 5.67 Å². The summed E-state index contributed by atoms with van der Waals surface area (Å²) in [6.07, 6.45) is -8.89. The van der Waals surface area contributed by atoms with Crippen LogP contribution < -0.4 is 5.32 Å². The zero-order valence-corrected chi connectivity index (χ0v) is 20.9. The molecule has 4 nitrogen and oxygen atoms in total. The lowest BCUT2D eigenvalue weighted by Crippen LogP contribution is -2.50. The SMILES string of the molecule is N#CC1(NC(=O)c2cc(-c3ccn(-c4c(Cl)cc(C(F)(C(F)(F)F)C(F)(F)F)cc4Cl)c3)ccc2Cl)CC1. The highest BCUT2D eigenvalue weighted by molar-refractivity contribution is 6.38. The molecule has 4 rings (SSSR count). The van der Waals surface area contributed by atoms with Crippen molar-refractivity contribution >= 4 is 40.7 Å². The van der Waals surface area contributed by atoms with Crippen molar-refractivity contribution in [2.24, 2.45) is 0 Å². The molecule has 1 amide bonds. The number of halogens is 10. The second-order valence-corrected chi connectivity index (χ2v) is 9.81. The van der Waals surface area contributed by atoms with Gasteiger partial charge in [-0.15, -0.1) is 0 Å². The lowest BCUT2D eigenvalue weighted by atomic mass is 9.94. The van der Waals surface area contributed by atoms with Gasteiger partial charge < -0.3 is 9.88 Å². The molecule has 1 saturated carbocycles. The summed E-state index contributed by atoms with van der Waals surface area (Å²) in [6, 6.07) is 8.43. The largest absolute Gasteiger partial charge is 0.435 e. The second-order valence-electron chi connectivity index (χ2n) is 8.59. The number of carbonyl (C=O) groups is 1. The molecule has 0 unspecified atom stereocenters. The predicted octanol–water partition coefficient (Wildman–Crippen LogP) is 8.18. The summed E-state index contributed by atoms with van der Waals surface area (Å²) >= 11 is 18.1. The molecule has 1 N–H and O–H groups in total. The number of hydrogen-bond donors (Lipinski definition) is 1. The van der Waals surface area contributed by atoms with E-state index in [4.69, 9.17) is 34.8 Å². The van der Waals surface area contributed by atoms with E-state index in [1.165, 1.54) is 35.2 Å². The quantitative estimate of drug-likeness (QED) is 0.301. The number of nitriles is 1. The lowest BCUT2D eigenvalue weighted by molar-refractivity contribution is -0.348. The van der Waals surface area contributed by atoms with Gasteiger partial charge in [0, 0.05) is 18.0 Å². The van der Waals surface area contributed by atoms with Crippen LogP contribution in [0.3, 0.4) is 0 Å². The van der Waals surface area contributed by atoms with Crippen molar-refractivity contribution in [1.29, 1.82) is 5.26 Å². The molecule has 1 aromatic heterocycles. The normalized spacial score (nSPS) is 15.2. The number of benzene rings is 2. The van der Waals surface area contributed by atoms with E-state index in [0.717, 1.165) is 0 Å². The van der Waals surface area contributed by atoms with Crippen LogP contribution in [0, 0.1) is 11.3 Å². The third-order valence-electron chi connectivity index (χ3n) is 6.01. The number of nitrogens with one attached hydrogen (secondary N) is 1. The Hall–Kier alpha value is -2.94. The fourth-order valence-electron chi connectivity index (χ4n) is 3.76. The van der Waals surface area contributed by atoms with Crippen LogP contribution in [-0.4, -0.2) is 28.4 Å². The number of rotatable bonds is 5. The number of aromatic nitrogens is 1. The first-order valence-corrected chi connectivity index (χ1v) is 11.7. The maximum absolute atomic E-state index is 14.5. The molecule has 200 valence electrons. The molecule has 1 fully saturated rings. The van der Waals surface area contributed by atoms with Gasteiger partial charge in [-0.05, 0) is 54.3 Å². The molecule has 0 saturated heterocycles. The Labute approximate surface area is 225 Å². The first-order valence-electron chi connectivity index (χ1n) is 10.6. The highest BCUT2D eigenvalue weighted by Gasteiger charge is 2.73. The van der Waals surface area contributed by atoms with Gasteiger partial charge in [0.25, 0.3) is 5.91 Å². The minimum Gasteiger partial charge on any atom is -0.334 e. The molecular formula is C24H13Cl3F7N3O. The monoisotopic (exact) mass is 597 g/mol. The molecule has 2 aromatic carbocycles. The standard InChI is InChI=1S/C24H13Cl3F7N3O/c25-16-2-1-12(7-15(16)20(38)36-21(11-35)4-5-21)13-3-6-37(10-13)19-17(26)8-14(9-18(19)27)22(28,23(29,30)31)24(32,33)34/h1-3,6-10H,4-5H2,(H,36,38). The van der Waals surface area contributed by atoms with Crippen molar-refractivity contribution in [3.8, 4) is 22.9 Å². The minimum absolute atomic E-state index is 0.0810. The van der Waals surface area contributed by atoms with Gasteiger partial charge >= 0.3 is 18.0 Å². The van der Waals surface area contributed by atoms with Crippen molar-refractivity contribution in [3.63, 3.8) is 0 Å². The molecule has 0 atom stereocenters.